The van der Waals surface area contributed by atoms with Crippen molar-refractivity contribution in [3.05, 3.63) is 0 Å². The lowest BCUT2D eigenvalue weighted by Crippen LogP contribution is -2.46. The molecule has 1 N–H and O–H groups in total. The van der Waals surface area contributed by atoms with Crippen molar-refractivity contribution in [3.8, 4) is 0 Å². The first-order chi connectivity index (χ1) is 5.52. The molecular weight excluding hydrogens is 168 g/mol. The van der Waals surface area contributed by atoms with E-state index in [1.807, 2.05) is 11.8 Å². The summed E-state index contributed by atoms with van der Waals surface area (Å²) in [4.78, 5) is 4.37. The minimum Gasteiger partial charge on any atom is -0.360 e. The minimum absolute atomic E-state index is 0.163. The largest absolute Gasteiger partial charge is 0.360 e. The van der Waals surface area contributed by atoms with E-state index >= 15 is 0 Å². The van der Waals surface area contributed by atoms with Crippen molar-refractivity contribution in [2.45, 2.75) is 33.2 Å². The van der Waals surface area contributed by atoms with Gasteiger partial charge in [-0.15, -0.1) is 0 Å². The summed E-state index contributed by atoms with van der Waals surface area (Å²) in [5, 5.41) is 4.59. The second kappa shape index (κ2) is 3.69. The summed E-state index contributed by atoms with van der Waals surface area (Å²) < 4.78 is 0. The fraction of sp³-hybridized carbons (Fsp3) is 0.889. The van der Waals surface area contributed by atoms with E-state index in [4.69, 9.17) is 0 Å². The van der Waals surface area contributed by atoms with Crippen LogP contribution in [0.25, 0.3) is 0 Å². The van der Waals surface area contributed by atoms with Gasteiger partial charge >= 0.3 is 0 Å². The number of amidine groups is 1. The van der Waals surface area contributed by atoms with Gasteiger partial charge < -0.3 is 5.32 Å². The molecule has 1 aliphatic rings. The van der Waals surface area contributed by atoms with Crippen LogP contribution in [0.15, 0.2) is 4.99 Å². The molecule has 0 radical (unpaired) electrons. The Bertz CT molecular complexity index is 185. The zero-order chi connectivity index (χ0) is 9.19. The number of aliphatic imine (C=N–C) groups is 1. The topological polar surface area (TPSA) is 24.4 Å². The highest BCUT2D eigenvalue weighted by Gasteiger charge is 2.24. The standard InChI is InChI=1S/C9H18N2S/c1-7(2)9(3,4)11-8-10-5-6-12-8/h7H,5-6H2,1-4H3,(H,10,11). The number of hydrogen-bond donors (Lipinski definition) is 1. The summed E-state index contributed by atoms with van der Waals surface area (Å²) in [6.45, 7) is 9.87. The molecule has 1 heterocycles. The first-order valence-corrected chi connectivity index (χ1v) is 5.46. The van der Waals surface area contributed by atoms with Crippen LogP contribution < -0.4 is 5.32 Å². The molecule has 0 aromatic carbocycles. The van der Waals surface area contributed by atoms with E-state index in [9.17, 15) is 0 Å². The molecule has 1 rings (SSSR count). The fourth-order valence-corrected chi connectivity index (χ4v) is 1.72. The van der Waals surface area contributed by atoms with Crippen molar-refractivity contribution >= 4 is 16.9 Å². The quantitative estimate of drug-likeness (QED) is 0.714. The Balaban J connectivity index is 2.48. The summed E-state index contributed by atoms with van der Waals surface area (Å²) in [5.74, 6) is 1.76. The van der Waals surface area contributed by atoms with Crippen LogP contribution >= 0.6 is 11.8 Å². The van der Waals surface area contributed by atoms with Gasteiger partial charge in [0.25, 0.3) is 0 Å². The summed E-state index contributed by atoms with van der Waals surface area (Å²) in [7, 11) is 0. The summed E-state index contributed by atoms with van der Waals surface area (Å²) in [6.07, 6.45) is 0. The van der Waals surface area contributed by atoms with Crippen LogP contribution in [-0.2, 0) is 0 Å². The Morgan fingerprint density at radius 3 is 2.58 bits per heavy atom. The van der Waals surface area contributed by atoms with E-state index in [0.717, 1.165) is 17.5 Å². The Morgan fingerprint density at radius 2 is 2.17 bits per heavy atom. The zero-order valence-electron chi connectivity index (χ0n) is 8.35. The number of nitrogens with one attached hydrogen (secondary N) is 1. The van der Waals surface area contributed by atoms with Crippen molar-refractivity contribution in [2.24, 2.45) is 10.9 Å². The van der Waals surface area contributed by atoms with Gasteiger partial charge in [0.1, 0.15) is 0 Å². The Labute approximate surface area is 79.2 Å². The van der Waals surface area contributed by atoms with Crippen LogP contribution in [0.5, 0.6) is 0 Å². The van der Waals surface area contributed by atoms with Gasteiger partial charge in [-0.2, -0.15) is 0 Å². The molecule has 3 heteroatoms. The third kappa shape index (κ3) is 2.41. The maximum absolute atomic E-state index is 4.37. The van der Waals surface area contributed by atoms with E-state index in [0.29, 0.717) is 5.92 Å². The lowest BCUT2D eigenvalue weighted by molar-refractivity contribution is 0.336. The van der Waals surface area contributed by atoms with Gasteiger partial charge in [0.05, 0.1) is 6.54 Å². The van der Waals surface area contributed by atoms with E-state index in [2.05, 4.69) is 38.0 Å². The molecule has 12 heavy (non-hydrogen) atoms. The third-order valence-corrected chi connectivity index (χ3v) is 3.35. The van der Waals surface area contributed by atoms with Crippen LogP contribution in [0.3, 0.4) is 0 Å². The Kier molecular flexibility index (Phi) is 3.04. The summed E-state index contributed by atoms with van der Waals surface area (Å²) in [6, 6.07) is 0. The average Bonchev–Trinajstić information content (AvgIpc) is 2.38. The predicted molar refractivity (Wildman–Crippen MR) is 56.8 cm³/mol. The van der Waals surface area contributed by atoms with Gasteiger partial charge in [-0.1, -0.05) is 25.6 Å². The van der Waals surface area contributed by atoms with Crippen molar-refractivity contribution in [2.75, 3.05) is 12.3 Å². The number of thioether (sulfide) groups is 1. The molecule has 0 aromatic rings. The third-order valence-electron chi connectivity index (χ3n) is 2.46. The monoisotopic (exact) mass is 186 g/mol. The highest BCUT2D eigenvalue weighted by molar-refractivity contribution is 8.14. The molecule has 70 valence electrons. The molecule has 0 amide bonds. The van der Waals surface area contributed by atoms with Gasteiger partial charge in [0.15, 0.2) is 5.17 Å². The molecule has 0 atom stereocenters. The van der Waals surface area contributed by atoms with Gasteiger partial charge in [0.2, 0.25) is 0 Å². The Hall–Kier alpha value is -0.180. The maximum Gasteiger partial charge on any atom is 0.157 e. The van der Waals surface area contributed by atoms with Crippen LogP contribution in [0, 0.1) is 5.92 Å². The minimum atomic E-state index is 0.163. The van der Waals surface area contributed by atoms with Crippen molar-refractivity contribution < 1.29 is 0 Å². The molecule has 1 aliphatic heterocycles. The lowest BCUT2D eigenvalue weighted by atomic mass is 9.91. The van der Waals surface area contributed by atoms with Gasteiger partial charge in [-0.25, -0.2) is 0 Å². The SMILES string of the molecule is CC(C)C(C)(C)NC1=NCCS1. The zero-order valence-corrected chi connectivity index (χ0v) is 9.16. The lowest BCUT2D eigenvalue weighted by Gasteiger charge is -2.31. The van der Waals surface area contributed by atoms with E-state index in [1.165, 1.54) is 0 Å². The molecule has 2 nitrogen and oxygen atoms in total. The van der Waals surface area contributed by atoms with Crippen molar-refractivity contribution in [3.63, 3.8) is 0 Å². The number of nitrogens with zero attached hydrogens (tertiary/aromatic N) is 1. The molecule has 0 aromatic heterocycles. The highest BCUT2D eigenvalue weighted by atomic mass is 32.2. The van der Waals surface area contributed by atoms with Gasteiger partial charge in [-0.05, 0) is 19.8 Å². The molecular formula is C9H18N2S. The molecule has 0 unspecified atom stereocenters. The number of hydrogen-bond acceptors (Lipinski definition) is 3. The smallest absolute Gasteiger partial charge is 0.157 e. The van der Waals surface area contributed by atoms with Crippen LogP contribution in [0.2, 0.25) is 0 Å². The molecule has 0 spiro atoms. The van der Waals surface area contributed by atoms with Crippen molar-refractivity contribution in [1.29, 1.82) is 0 Å². The molecule has 0 saturated heterocycles. The second-order valence-corrected chi connectivity index (χ2v) is 5.12. The Morgan fingerprint density at radius 1 is 1.50 bits per heavy atom. The van der Waals surface area contributed by atoms with Crippen LogP contribution in [-0.4, -0.2) is 23.0 Å². The van der Waals surface area contributed by atoms with Crippen molar-refractivity contribution in [1.82, 2.24) is 5.32 Å². The first-order valence-electron chi connectivity index (χ1n) is 4.48. The van der Waals surface area contributed by atoms with Gasteiger partial charge in [-0.3, -0.25) is 4.99 Å². The second-order valence-electron chi connectivity index (χ2n) is 4.04. The molecule has 0 aliphatic carbocycles. The summed E-state index contributed by atoms with van der Waals surface area (Å²) in [5.41, 5.74) is 0.163. The van der Waals surface area contributed by atoms with Gasteiger partial charge in [0, 0.05) is 11.3 Å². The number of rotatable bonds is 2. The highest BCUT2D eigenvalue weighted by Crippen LogP contribution is 2.19. The van der Waals surface area contributed by atoms with E-state index < -0.39 is 0 Å². The fourth-order valence-electron chi connectivity index (χ4n) is 0.831. The predicted octanol–water partition coefficient (Wildman–Crippen LogP) is 2.11. The van der Waals surface area contributed by atoms with E-state index in [1.54, 1.807) is 0 Å². The molecule has 0 saturated carbocycles. The normalized spacial score (nSPS) is 18.2. The summed E-state index contributed by atoms with van der Waals surface area (Å²) >= 11 is 1.83. The van der Waals surface area contributed by atoms with Crippen LogP contribution in [0.1, 0.15) is 27.7 Å². The molecule has 0 bridgehead atoms. The van der Waals surface area contributed by atoms with E-state index in [-0.39, 0.29) is 5.54 Å². The first kappa shape index (κ1) is 9.90. The maximum atomic E-state index is 4.37. The molecule has 0 fully saturated rings. The average molecular weight is 186 g/mol. The van der Waals surface area contributed by atoms with Crippen LogP contribution in [0.4, 0.5) is 0 Å².